The topological polar surface area (TPSA) is 101 Å². The van der Waals surface area contributed by atoms with E-state index in [2.05, 4.69) is 0 Å². The maximum Gasteiger partial charge on any atom is 0.414 e. The summed E-state index contributed by atoms with van der Waals surface area (Å²) in [5.74, 6) is 0.884. The monoisotopic (exact) mass is 538 g/mol. The molecule has 2 aromatic rings. The van der Waals surface area contributed by atoms with Crippen molar-refractivity contribution in [2.75, 3.05) is 39.1 Å². The SMILES string of the molecule is CCOC(=O)N1c2cc(OC)c(OC)cc2[C@@H](N(Cc2cc([S+](C)[O-])ccc2Cl)C(=O)OC)C[C@H]1C. The Morgan fingerprint density at radius 3 is 2.42 bits per heavy atom. The van der Waals surface area contributed by atoms with Crippen LogP contribution in [0.1, 0.15) is 37.4 Å². The fraction of sp³-hybridized carbons (Fsp3) is 0.440. The Labute approximate surface area is 219 Å². The van der Waals surface area contributed by atoms with Gasteiger partial charge >= 0.3 is 12.2 Å². The van der Waals surface area contributed by atoms with Gasteiger partial charge in [-0.25, -0.2) is 9.59 Å². The van der Waals surface area contributed by atoms with Crippen molar-refractivity contribution >= 4 is 40.7 Å². The molecule has 0 bridgehead atoms. The number of carbonyl (C=O) groups is 2. The van der Waals surface area contributed by atoms with Crippen molar-refractivity contribution < 1.29 is 33.1 Å². The number of anilines is 1. The number of methoxy groups -OCH3 is 3. The molecule has 3 rings (SSSR count). The molecular weight excluding hydrogens is 508 g/mol. The minimum absolute atomic E-state index is 0.0983. The number of hydrogen-bond donors (Lipinski definition) is 0. The lowest BCUT2D eigenvalue weighted by Crippen LogP contribution is -2.47. The van der Waals surface area contributed by atoms with Gasteiger partial charge < -0.3 is 23.5 Å². The first kappa shape index (κ1) is 27.8. The highest BCUT2D eigenvalue weighted by atomic mass is 35.5. The summed E-state index contributed by atoms with van der Waals surface area (Å²) in [6.07, 6.45) is 0.903. The van der Waals surface area contributed by atoms with Gasteiger partial charge in [-0.2, -0.15) is 0 Å². The molecule has 0 aliphatic carbocycles. The average Bonchev–Trinajstić information content (AvgIpc) is 2.86. The summed E-state index contributed by atoms with van der Waals surface area (Å²) in [4.78, 5) is 29.7. The highest BCUT2D eigenvalue weighted by molar-refractivity contribution is 7.90. The molecule has 1 heterocycles. The Balaban J connectivity index is 2.16. The molecule has 0 fully saturated rings. The molecule has 196 valence electrons. The summed E-state index contributed by atoms with van der Waals surface area (Å²) in [7, 11) is 4.33. The highest BCUT2D eigenvalue weighted by Gasteiger charge is 2.40. The molecule has 0 radical (unpaired) electrons. The van der Waals surface area contributed by atoms with Crippen LogP contribution in [-0.2, 0) is 27.2 Å². The van der Waals surface area contributed by atoms with Crippen LogP contribution in [-0.4, -0.2) is 61.9 Å². The minimum atomic E-state index is -1.22. The van der Waals surface area contributed by atoms with Gasteiger partial charge in [-0.05, 0) is 61.3 Å². The van der Waals surface area contributed by atoms with E-state index in [1.165, 1.54) is 21.3 Å². The standard InChI is InChI=1S/C25H31ClN2O7S/c1-7-35-25(30)28-15(2)10-20(18-12-22(32-3)23(33-4)13-21(18)28)27(24(29)34-5)14-16-11-17(36(6)31)8-9-19(16)26/h8-9,11-13,15,20H,7,10,14H2,1-6H3/t15-,20+,36?/m1/s1. The van der Waals surface area contributed by atoms with Crippen LogP contribution in [0, 0.1) is 0 Å². The van der Waals surface area contributed by atoms with Gasteiger partial charge in [0.2, 0.25) is 0 Å². The fourth-order valence-electron chi connectivity index (χ4n) is 4.37. The highest BCUT2D eigenvalue weighted by Crippen LogP contribution is 2.46. The van der Waals surface area contributed by atoms with Gasteiger partial charge in [0.05, 0.1) is 46.2 Å². The predicted molar refractivity (Wildman–Crippen MR) is 138 cm³/mol. The van der Waals surface area contributed by atoms with E-state index in [1.54, 1.807) is 53.3 Å². The molecule has 0 aromatic heterocycles. The number of amides is 2. The molecule has 9 nitrogen and oxygen atoms in total. The quantitative estimate of drug-likeness (QED) is 0.449. The zero-order valence-electron chi connectivity index (χ0n) is 21.2. The van der Waals surface area contributed by atoms with Crippen molar-refractivity contribution in [1.29, 1.82) is 0 Å². The van der Waals surface area contributed by atoms with Crippen LogP contribution in [0.4, 0.5) is 15.3 Å². The largest absolute Gasteiger partial charge is 0.612 e. The van der Waals surface area contributed by atoms with Crippen LogP contribution in [0.5, 0.6) is 11.5 Å². The molecule has 2 aromatic carbocycles. The molecule has 3 atom stereocenters. The van der Waals surface area contributed by atoms with E-state index >= 15 is 0 Å². The van der Waals surface area contributed by atoms with Gasteiger partial charge in [-0.1, -0.05) is 11.6 Å². The molecule has 36 heavy (non-hydrogen) atoms. The van der Waals surface area contributed by atoms with Crippen LogP contribution in [0.3, 0.4) is 0 Å². The van der Waals surface area contributed by atoms with Crippen molar-refractivity contribution in [1.82, 2.24) is 4.90 Å². The summed E-state index contributed by atoms with van der Waals surface area (Å²) >= 11 is 5.24. The first-order valence-corrected chi connectivity index (χ1v) is 13.3. The van der Waals surface area contributed by atoms with E-state index < -0.39 is 29.4 Å². The summed E-state index contributed by atoms with van der Waals surface area (Å²) in [6.45, 7) is 3.94. The number of fused-ring (bicyclic) bond motifs is 1. The van der Waals surface area contributed by atoms with Crippen LogP contribution < -0.4 is 14.4 Å². The van der Waals surface area contributed by atoms with Gasteiger partial charge in [0.1, 0.15) is 6.26 Å². The van der Waals surface area contributed by atoms with Gasteiger partial charge in [-0.3, -0.25) is 9.80 Å². The van der Waals surface area contributed by atoms with Crippen molar-refractivity contribution in [2.45, 2.75) is 43.8 Å². The Kier molecular flexibility index (Phi) is 9.21. The number of halogens is 1. The van der Waals surface area contributed by atoms with Gasteiger partial charge in [-0.15, -0.1) is 0 Å². The van der Waals surface area contributed by atoms with E-state index in [-0.39, 0.29) is 19.2 Å². The lowest BCUT2D eigenvalue weighted by Gasteiger charge is -2.42. The first-order valence-electron chi connectivity index (χ1n) is 11.3. The van der Waals surface area contributed by atoms with E-state index in [0.717, 1.165) is 0 Å². The number of carbonyl (C=O) groups excluding carboxylic acids is 2. The van der Waals surface area contributed by atoms with E-state index in [9.17, 15) is 14.1 Å². The molecule has 0 saturated heterocycles. The van der Waals surface area contributed by atoms with Gasteiger partial charge in [0.15, 0.2) is 16.4 Å². The second-order valence-corrected chi connectivity index (χ2v) is 10.0. The van der Waals surface area contributed by atoms with Crippen molar-refractivity contribution in [3.05, 3.63) is 46.5 Å². The fourth-order valence-corrected chi connectivity index (χ4v) is 5.12. The van der Waals surface area contributed by atoms with Crippen LogP contribution in [0.2, 0.25) is 5.02 Å². The van der Waals surface area contributed by atoms with Crippen molar-refractivity contribution in [3.63, 3.8) is 0 Å². The van der Waals surface area contributed by atoms with E-state index in [0.29, 0.717) is 44.7 Å². The second kappa shape index (κ2) is 11.9. The number of rotatable bonds is 7. The third-order valence-electron chi connectivity index (χ3n) is 6.10. The smallest absolute Gasteiger partial charge is 0.414 e. The number of benzene rings is 2. The molecule has 2 amide bonds. The van der Waals surface area contributed by atoms with Crippen molar-refractivity contribution in [2.24, 2.45) is 0 Å². The number of hydrogen-bond acceptors (Lipinski definition) is 7. The predicted octanol–water partition coefficient (Wildman–Crippen LogP) is 5.16. The molecule has 1 aliphatic rings. The normalized spacial score (nSPS) is 17.6. The molecule has 0 spiro atoms. The summed E-state index contributed by atoms with van der Waals surface area (Å²) in [6, 6.07) is 7.72. The maximum absolute atomic E-state index is 13.1. The van der Waals surface area contributed by atoms with Gasteiger partial charge in [0.25, 0.3) is 0 Å². The number of ether oxygens (including phenoxy) is 4. The molecule has 11 heteroatoms. The molecule has 0 N–H and O–H groups in total. The molecular formula is C25H31ClN2O7S. The zero-order chi connectivity index (χ0) is 26.6. The minimum Gasteiger partial charge on any atom is -0.612 e. The first-order chi connectivity index (χ1) is 17.2. The van der Waals surface area contributed by atoms with E-state index in [4.69, 9.17) is 30.5 Å². The van der Waals surface area contributed by atoms with E-state index in [1.807, 2.05) is 6.92 Å². The molecule has 1 aliphatic heterocycles. The second-order valence-electron chi connectivity index (χ2n) is 8.24. The zero-order valence-corrected chi connectivity index (χ0v) is 22.8. The Bertz CT molecular complexity index is 1110. The Hall–Kier alpha value is -2.82. The average molecular weight is 539 g/mol. The van der Waals surface area contributed by atoms with Crippen molar-refractivity contribution in [3.8, 4) is 11.5 Å². The lowest BCUT2D eigenvalue weighted by molar-refractivity contribution is 0.0941. The maximum atomic E-state index is 13.1. The van der Waals surface area contributed by atoms with Crippen LogP contribution in [0.25, 0.3) is 0 Å². The summed E-state index contributed by atoms with van der Waals surface area (Å²) < 4.78 is 33.5. The number of nitrogens with zero attached hydrogens (tertiary/aromatic N) is 2. The summed E-state index contributed by atoms with van der Waals surface area (Å²) in [5, 5.41) is 0.433. The third-order valence-corrected chi connectivity index (χ3v) is 7.38. The van der Waals surface area contributed by atoms with Gasteiger partial charge in [0, 0.05) is 22.7 Å². The Morgan fingerprint density at radius 2 is 1.83 bits per heavy atom. The summed E-state index contributed by atoms with van der Waals surface area (Å²) in [5.41, 5.74) is 1.83. The Morgan fingerprint density at radius 1 is 1.17 bits per heavy atom. The lowest BCUT2D eigenvalue weighted by atomic mass is 9.90. The molecule has 0 saturated carbocycles. The van der Waals surface area contributed by atoms with Crippen LogP contribution >= 0.6 is 11.6 Å². The molecule has 1 unspecified atom stereocenters. The third kappa shape index (κ3) is 5.61. The van der Waals surface area contributed by atoms with Crippen LogP contribution in [0.15, 0.2) is 35.2 Å².